The van der Waals surface area contributed by atoms with Crippen LogP contribution in [0.3, 0.4) is 0 Å². The van der Waals surface area contributed by atoms with Crippen molar-refractivity contribution < 1.29 is 0 Å². The number of nitrogens with zero attached hydrogens (tertiary/aromatic N) is 1. The molecule has 2 unspecified atom stereocenters. The summed E-state index contributed by atoms with van der Waals surface area (Å²) >= 11 is 0. The van der Waals surface area contributed by atoms with Crippen LogP contribution in [0.1, 0.15) is 62.6 Å². The van der Waals surface area contributed by atoms with Crippen molar-refractivity contribution in [2.24, 2.45) is 0 Å². The van der Waals surface area contributed by atoms with Crippen LogP contribution in [0, 0.1) is 0 Å². The summed E-state index contributed by atoms with van der Waals surface area (Å²) in [6.07, 6.45) is 9.70. The minimum Gasteiger partial charge on any atom is -0.309 e. The largest absolute Gasteiger partial charge is 0.309 e. The first-order valence-corrected chi connectivity index (χ1v) is 8.84. The molecule has 1 N–H and O–H groups in total. The number of hydrogen-bond acceptors (Lipinski definition) is 2. The van der Waals surface area contributed by atoms with Gasteiger partial charge < -0.3 is 5.32 Å². The molecule has 0 amide bonds. The van der Waals surface area contributed by atoms with Crippen LogP contribution in [-0.2, 0) is 6.42 Å². The highest BCUT2D eigenvalue weighted by Gasteiger charge is 2.36. The number of hydrogen-bond donors (Lipinski definition) is 1. The highest BCUT2D eigenvalue weighted by Crippen LogP contribution is 2.36. The molecule has 116 valence electrons. The van der Waals surface area contributed by atoms with Gasteiger partial charge in [-0.2, -0.15) is 0 Å². The third kappa shape index (κ3) is 3.17. The van der Waals surface area contributed by atoms with Gasteiger partial charge in [0.15, 0.2) is 0 Å². The number of rotatable bonds is 4. The van der Waals surface area contributed by atoms with Crippen molar-refractivity contribution >= 4 is 0 Å². The zero-order valence-corrected chi connectivity index (χ0v) is 13.6. The van der Waals surface area contributed by atoms with E-state index in [0.29, 0.717) is 12.1 Å². The Morgan fingerprint density at radius 3 is 2.52 bits per heavy atom. The van der Waals surface area contributed by atoms with Gasteiger partial charge in [-0.05, 0) is 44.0 Å². The van der Waals surface area contributed by atoms with E-state index in [1.807, 2.05) is 0 Å². The van der Waals surface area contributed by atoms with E-state index in [-0.39, 0.29) is 0 Å². The summed E-state index contributed by atoms with van der Waals surface area (Å²) in [6, 6.07) is 11.0. The predicted octanol–water partition coefficient (Wildman–Crippen LogP) is 3.92. The normalized spacial score (nSPS) is 26.8. The van der Waals surface area contributed by atoms with E-state index < -0.39 is 0 Å². The third-order valence-corrected chi connectivity index (χ3v) is 5.55. The van der Waals surface area contributed by atoms with Gasteiger partial charge in [0, 0.05) is 18.1 Å². The fourth-order valence-electron chi connectivity index (χ4n) is 4.35. The van der Waals surface area contributed by atoms with Gasteiger partial charge in [-0.25, -0.2) is 0 Å². The lowest BCUT2D eigenvalue weighted by Gasteiger charge is -2.36. The van der Waals surface area contributed by atoms with Gasteiger partial charge in [0.2, 0.25) is 0 Å². The zero-order valence-electron chi connectivity index (χ0n) is 13.6. The molecule has 3 rings (SSSR count). The molecule has 2 nitrogen and oxygen atoms in total. The fourth-order valence-corrected chi connectivity index (χ4v) is 4.35. The SMILES string of the molecule is CCNC1c2ccccc2CC1N(C)C1CCCCCC1. The summed E-state index contributed by atoms with van der Waals surface area (Å²) in [5, 5.41) is 3.74. The Morgan fingerprint density at radius 1 is 1.10 bits per heavy atom. The fraction of sp³-hybridized carbons (Fsp3) is 0.684. The lowest BCUT2D eigenvalue weighted by molar-refractivity contribution is 0.134. The monoisotopic (exact) mass is 286 g/mol. The third-order valence-electron chi connectivity index (χ3n) is 5.55. The zero-order chi connectivity index (χ0) is 14.7. The molecule has 1 saturated carbocycles. The highest BCUT2D eigenvalue weighted by atomic mass is 15.2. The number of nitrogens with one attached hydrogen (secondary N) is 1. The van der Waals surface area contributed by atoms with E-state index in [2.05, 4.69) is 48.5 Å². The average Bonchev–Trinajstić information content (AvgIpc) is 2.70. The van der Waals surface area contributed by atoms with Gasteiger partial charge in [0.1, 0.15) is 0 Å². The maximum atomic E-state index is 3.74. The molecule has 1 fully saturated rings. The van der Waals surface area contributed by atoms with Crippen molar-refractivity contribution in [2.45, 2.75) is 70.0 Å². The molecule has 2 aliphatic carbocycles. The van der Waals surface area contributed by atoms with Crippen LogP contribution in [0.25, 0.3) is 0 Å². The van der Waals surface area contributed by atoms with Crippen LogP contribution in [0.15, 0.2) is 24.3 Å². The molecule has 2 heteroatoms. The van der Waals surface area contributed by atoms with Gasteiger partial charge in [-0.1, -0.05) is 56.9 Å². The lowest BCUT2D eigenvalue weighted by atomic mass is 10.0. The number of fused-ring (bicyclic) bond motifs is 1. The Balaban J connectivity index is 1.77. The van der Waals surface area contributed by atoms with Gasteiger partial charge in [0.25, 0.3) is 0 Å². The molecular formula is C19H30N2. The van der Waals surface area contributed by atoms with E-state index in [1.54, 1.807) is 5.56 Å². The summed E-state index contributed by atoms with van der Waals surface area (Å²) in [5.41, 5.74) is 3.08. The first kappa shape index (κ1) is 15.1. The Kier molecular flexibility index (Phi) is 4.97. The van der Waals surface area contributed by atoms with Gasteiger partial charge >= 0.3 is 0 Å². The average molecular weight is 286 g/mol. The van der Waals surface area contributed by atoms with Crippen molar-refractivity contribution in [1.29, 1.82) is 0 Å². The van der Waals surface area contributed by atoms with Crippen LogP contribution < -0.4 is 5.32 Å². The molecule has 0 aromatic heterocycles. The van der Waals surface area contributed by atoms with E-state index in [4.69, 9.17) is 0 Å². The molecule has 0 aliphatic heterocycles. The highest BCUT2D eigenvalue weighted by molar-refractivity contribution is 5.37. The Hall–Kier alpha value is -0.860. The van der Waals surface area contributed by atoms with Crippen molar-refractivity contribution in [3.05, 3.63) is 35.4 Å². The molecule has 1 aromatic rings. The van der Waals surface area contributed by atoms with Gasteiger partial charge in [0.05, 0.1) is 0 Å². The summed E-state index contributed by atoms with van der Waals surface area (Å²) < 4.78 is 0. The van der Waals surface area contributed by atoms with Gasteiger partial charge in [-0.3, -0.25) is 4.90 Å². The van der Waals surface area contributed by atoms with E-state index >= 15 is 0 Å². The first-order valence-electron chi connectivity index (χ1n) is 8.84. The molecule has 0 saturated heterocycles. The van der Waals surface area contributed by atoms with Crippen LogP contribution in [0.2, 0.25) is 0 Å². The molecule has 0 heterocycles. The smallest absolute Gasteiger partial charge is 0.0484 e. The van der Waals surface area contributed by atoms with Crippen molar-refractivity contribution in [3.63, 3.8) is 0 Å². The van der Waals surface area contributed by atoms with E-state index in [9.17, 15) is 0 Å². The minimum atomic E-state index is 0.513. The second-order valence-corrected chi connectivity index (χ2v) is 6.82. The predicted molar refractivity (Wildman–Crippen MR) is 89.6 cm³/mol. The van der Waals surface area contributed by atoms with Crippen molar-refractivity contribution in [3.8, 4) is 0 Å². The van der Waals surface area contributed by atoms with Crippen LogP contribution >= 0.6 is 0 Å². The summed E-state index contributed by atoms with van der Waals surface area (Å²) in [7, 11) is 2.37. The van der Waals surface area contributed by atoms with Crippen molar-refractivity contribution in [1.82, 2.24) is 10.2 Å². The van der Waals surface area contributed by atoms with Crippen molar-refractivity contribution in [2.75, 3.05) is 13.6 Å². The quantitative estimate of drug-likeness (QED) is 0.844. The maximum absolute atomic E-state index is 3.74. The van der Waals surface area contributed by atoms with Crippen LogP contribution in [0.5, 0.6) is 0 Å². The van der Waals surface area contributed by atoms with E-state index in [0.717, 1.165) is 12.6 Å². The van der Waals surface area contributed by atoms with E-state index in [1.165, 1.54) is 50.5 Å². The second kappa shape index (κ2) is 6.93. The molecule has 2 aliphatic rings. The molecule has 0 spiro atoms. The lowest BCUT2D eigenvalue weighted by Crippen LogP contribution is -2.46. The van der Waals surface area contributed by atoms with Crippen LogP contribution in [-0.4, -0.2) is 30.6 Å². The standard InChI is InChI=1S/C19H30N2/c1-3-20-19-17-13-9-8-10-15(17)14-18(19)21(2)16-11-6-4-5-7-12-16/h8-10,13,16,18-20H,3-7,11-12,14H2,1-2H3. The Bertz CT molecular complexity index is 449. The number of likely N-dealkylation sites (N-methyl/N-ethyl adjacent to an activating group) is 2. The molecule has 1 aromatic carbocycles. The van der Waals surface area contributed by atoms with Gasteiger partial charge in [-0.15, -0.1) is 0 Å². The maximum Gasteiger partial charge on any atom is 0.0484 e. The molecule has 21 heavy (non-hydrogen) atoms. The molecule has 0 bridgehead atoms. The summed E-state index contributed by atoms with van der Waals surface area (Å²) in [5.74, 6) is 0. The molecular weight excluding hydrogens is 256 g/mol. The molecule has 2 atom stereocenters. The Morgan fingerprint density at radius 2 is 1.81 bits per heavy atom. The second-order valence-electron chi connectivity index (χ2n) is 6.82. The summed E-state index contributed by atoms with van der Waals surface area (Å²) in [6.45, 7) is 3.28. The minimum absolute atomic E-state index is 0.513. The topological polar surface area (TPSA) is 15.3 Å². The molecule has 0 radical (unpaired) electrons. The summed E-state index contributed by atoms with van der Waals surface area (Å²) in [4.78, 5) is 2.71. The first-order chi connectivity index (χ1) is 10.3. The Labute approximate surface area is 129 Å². The number of benzene rings is 1. The van der Waals surface area contributed by atoms with Crippen LogP contribution in [0.4, 0.5) is 0 Å².